The second-order valence-electron chi connectivity index (χ2n) is 3.43. The number of nitrogens with one attached hydrogen (secondary N) is 2. The van der Waals surface area contributed by atoms with E-state index in [0.29, 0.717) is 6.42 Å². The fraction of sp³-hybridized carbons (Fsp3) is 0.417. The summed E-state index contributed by atoms with van der Waals surface area (Å²) < 4.78 is 5.06. The fourth-order valence-electron chi connectivity index (χ4n) is 1.32. The van der Waals surface area contributed by atoms with E-state index in [9.17, 15) is 4.79 Å². The van der Waals surface area contributed by atoms with Gasteiger partial charge >= 0.3 is 0 Å². The summed E-state index contributed by atoms with van der Waals surface area (Å²) in [6.07, 6.45) is 1.38. The second kappa shape index (κ2) is 6.71. The van der Waals surface area contributed by atoms with Crippen LogP contribution < -0.4 is 15.4 Å². The predicted molar refractivity (Wildman–Crippen MR) is 64.8 cm³/mol. The Morgan fingerprint density at radius 3 is 2.56 bits per heavy atom. The van der Waals surface area contributed by atoms with Gasteiger partial charge < -0.3 is 15.4 Å². The Kier molecular flexibility index (Phi) is 5.19. The molecule has 0 atom stereocenters. The molecule has 0 aliphatic carbocycles. The van der Waals surface area contributed by atoms with Crippen molar-refractivity contribution in [3.05, 3.63) is 24.3 Å². The van der Waals surface area contributed by atoms with Crippen LogP contribution in [0.5, 0.6) is 5.75 Å². The lowest BCUT2D eigenvalue weighted by Gasteiger charge is -2.06. The van der Waals surface area contributed by atoms with E-state index in [1.807, 2.05) is 24.3 Å². The number of methoxy groups -OCH3 is 1. The summed E-state index contributed by atoms with van der Waals surface area (Å²) in [6.45, 7) is 0.791. The molecule has 0 spiro atoms. The van der Waals surface area contributed by atoms with Crippen molar-refractivity contribution in [1.82, 2.24) is 5.32 Å². The molecule has 0 radical (unpaired) electrons. The smallest absolute Gasteiger partial charge is 0.219 e. The van der Waals surface area contributed by atoms with Gasteiger partial charge in [-0.2, -0.15) is 0 Å². The zero-order valence-electron chi connectivity index (χ0n) is 9.75. The van der Waals surface area contributed by atoms with Crippen molar-refractivity contribution in [2.24, 2.45) is 0 Å². The van der Waals surface area contributed by atoms with Crippen molar-refractivity contribution in [2.45, 2.75) is 12.8 Å². The van der Waals surface area contributed by atoms with Crippen molar-refractivity contribution in [2.75, 3.05) is 26.0 Å². The van der Waals surface area contributed by atoms with Gasteiger partial charge in [0.1, 0.15) is 5.75 Å². The predicted octanol–water partition coefficient (Wildman–Crippen LogP) is 1.63. The van der Waals surface area contributed by atoms with Crippen LogP contribution in [0, 0.1) is 0 Å². The molecule has 1 rings (SSSR count). The highest BCUT2D eigenvalue weighted by molar-refractivity contribution is 5.75. The first kappa shape index (κ1) is 12.4. The molecule has 0 bridgehead atoms. The number of ether oxygens (including phenoxy) is 1. The Balaban J connectivity index is 2.24. The number of hydrogen-bond acceptors (Lipinski definition) is 3. The number of carbonyl (C=O) groups excluding carboxylic acids is 1. The highest BCUT2D eigenvalue weighted by Gasteiger charge is 1.97. The van der Waals surface area contributed by atoms with E-state index in [1.165, 1.54) is 0 Å². The van der Waals surface area contributed by atoms with E-state index in [1.54, 1.807) is 14.2 Å². The Labute approximate surface area is 96.0 Å². The molecule has 4 heteroatoms. The summed E-state index contributed by atoms with van der Waals surface area (Å²) >= 11 is 0. The van der Waals surface area contributed by atoms with Crippen molar-refractivity contribution in [3.63, 3.8) is 0 Å². The number of benzene rings is 1. The Morgan fingerprint density at radius 2 is 2.00 bits per heavy atom. The minimum Gasteiger partial charge on any atom is -0.497 e. The minimum atomic E-state index is 0.0801. The highest BCUT2D eigenvalue weighted by Crippen LogP contribution is 2.14. The van der Waals surface area contributed by atoms with Crippen LogP contribution in [0.25, 0.3) is 0 Å². The van der Waals surface area contributed by atoms with Gasteiger partial charge in [-0.3, -0.25) is 4.79 Å². The lowest BCUT2D eigenvalue weighted by molar-refractivity contribution is -0.120. The van der Waals surface area contributed by atoms with Gasteiger partial charge in [-0.25, -0.2) is 0 Å². The van der Waals surface area contributed by atoms with E-state index in [0.717, 1.165) is 24.4 Å². The van der Waals surface area contributed by atoms with Gasteiger partial charge in [-0.05, 0) is 30.7 Å². The average Bonchev–Trinajstić information content (AvgIpc) is 2.35. The van der Waals surface area contributed by atoms with Crippen LogP contribution >= 0.6 is 0 Å². The van der Waals surface area contributed by atoms with Crippen molar-refractivity contribution in [3.8, 4) is 5.75 Å². The molecule has 1 aromatic rings. The molecule has 88 valence electrons. The maximum Gasteiger partial charge on any atom is 0.219 e. The molecule has 0 saturated heterocycles. The van der Waals surface area contributed by atoms with Crippen molar-refractivity contribution in [1.29, 1.82) is 0 Å². The highest BCUT2D eigenvalue weighted by atomic mass is 16.5. The number of hydrogen-bond donors (Lipinski definition) is 2. The molecule has 0 fully saturated rings. The first-order valence-corrected chi connectivity index (χ1v) is 5.34. The molecule has 0 aliphatic rings. The largest absolute Gasteiger partial charge is 0.497 e. The normalized spacial score (nSPS) is 9.62. The Morgan fingerprint density at radius 1 is 1.31 bits per heavy atom. The van der Waals surface area contributed by atoms with Crippen LogP contribution in [0.1, 0.15) is 12.8 Å². The van der Waals surface area contributed by atoms with Crippen LogP contribution in [-0.2, 0) is 4.79 Å². The summed E-state index contributed by atoms with van der Waals surface area (Å²) in [6, 6.07) is 7.72. The summed E-state index contributed by atoms with van der Waals surface area (Å²) in [5, 5.41) is 5.84. The van der Waals surface area contributed by atoms with E-state index in [-0.39, 0.29) is 5.91 Å². The molecule has 0 saturated carbocycles. The average molecular weight is 222 g/mol. The zero-order chi connectivity index (χ0) is 11.8. The van der Waals surface area contributed by atoms with Gasteiger partial charge in [0.25, 0.3) is 0 Å². The second-order valence-corrected chi connectivity index (χ2v) is 3.43. The van der Waals surface area contributed by atoms with E-state index < -0.39 is 0 Å². The maximum absolute atomic E-state index is 11.0. The molecule has 1 amide bonds. The Bertz CT molecular complexity index is 322. The van der Waals surface area contributed by atoms with Crippen LogP contribution in [0.15, 0.2) is 24.3 Å². The fourth-order valence-corrected chi connectivity index (χ4v) is 1.32. The third-order valence-corrected chi connectivity index (χ3v) is 2.28. The van der Waals surface area contributed by atoms with Crippen LogP contribution in [0.3, 0.4) is 0 Å². The quantitative estimate of drug-likeness (QED) is 0.719. The summed E-state index contributed by atoms with van der Waals surface area (Å²) in [5.74, 6) is 0.924. The molecule has 4 nitrogen and oxygen atoms in total. The molecule has 0 aromatic heterocycles. The van der Waals surface area contributed by atoms with Crippen LogP contribution in [0.2, 0.25) is 0 Å². The first-order chi connectivity index (χ1) is 7.76. The topological polar surface area (TPSA) is 50.4 Å². The number of rotatable bonds is 6. The SMILES string of the molecule is CNC(=O)CCCNc1ccc(OC)cc1. The third-order valence-electron chi connectivity index (χ3n) is 2.28. The summed E-state index contributed by atoms with van der Waals surface area (Å²) in [4.78, 5) is 11.0. The lowest BCUT2D eigenvalue weighted by atomic mass is 10.2. The minimum absolute atomic E-state index is 0.0801. The number of anilines is 1. The zero-order valence-corrected chi connectivity index (χ0v) is 9.75. The summed E-state index contributed by atoms with van der Waals surface area (Å²) in [7, 11) is 3.30. The molecule has 0 heterocycles. The van der Waals surface area contributed by atoms with Crippen molar-refractivity contribution < 1.29 is 9.53 Å². The first-order valence-electron chi connectivity index (χ1n) is 5.34. The van der Waals surface area contributed by atoms with Gasteiger partial charge in [0, 0.05) is 25.7 Å². The summed E-state index contributed by atoms with van der Waals surface area (Å²) in [5.41, 5.74) is 1.04. The van der Waals surface area contributed by atoms with Gasteiger partial charge in [-0.15, -0.1) is 0 Å². The molecule has 1 aromatic carbocycles. The van der Waals surface area contributed by atoms with E-state index in [2.05, 4.69) is 10.6 Å². The van der Waals surface area contributed by atoms with E-state index in [4.69, 9.17) is 4.74 Å². The van der Waals surface area contributed by atoms with Gasteiger partial charge in [0.2, 0.25) is 5.91 Å². The molecule has 0 unspecified atom stereocenters. The number of amides is 1. The monoisotopic (exact) mass is 222 g/mol. The Hall–Kier alpha value is -1.71. The van der Waals surface area contributed by atoms with Crippen LogP contribution in [0.4, 0.5) is 5.69 Å². The van der Waals surface area contributed by atoms with Gasteiger partial charge in [0.15, 0.2) is 0 Å². The third kappa shape index (κ3) is 4.21. The van der Waals surface area contributed by atoms with E-state index >= 15 is 0 Å². The van der Waals surface area contributed by atoms with Crippen LogP contribution in [-0.4, -0.2) is 26.6 Å². The molecule has 2 N–H and O–H groups in total. The molecular weight excluding hydrogens is 204 g/mol. The molecule has 16 heavy (non-hydrogen) atoms. The van der Waals surface area contributed by atoms with Gasteiger partial charge in [0.05, 0.1) is 7.11 Å². The van der Waals surface area contributed by atoms with Crippen molar-refractivity contribution >= 4 is 11.6 Å². The van der Waals surface area contributed by atoms with Gasteiger partial charge in [-0.1, -0.05) is 0 Å². The standard InChI is InChI=1S/C12H18N2O2/c1-13-12(15)4-3-9-14-10-5-7-11(16-2)8-6-10/h5-8,14H,3-4,9H2,1-2H3,(H,13,15). The molecular formula is C12H18N2O2. The maximum atomic E-state index is 11.0. The lowest BCUT2D eigenvalue weighted by Crippen LogP contribution is -2.18. The number of carbonyl (C=O) groups is 1. The molecule has 0 aliphatic heterocycles.